The van der Waals surface area contributed by atoms with Crippen molar-refractivity contribution >= 4 is 27.3 Å². The van der Waals surface area contributed by atoms with Crippen molar-refractivity contribution in [3.05, 3.63) is 53.2 Å². The molecule has 8 heteroatoms. The van der Waals surface area contributed by atoms with Gasteiger partial charge < -0.3 is 5.32 Å². The molecule has 5 nitrogen and oxygen atoms in total. The summed E-state index contributed by atoms with van der Waals surface area (Å²) in [5.41, 5.74) is 0.267. The van der Waals surface area contributed by atoms with Crippen LogP contribution in [-0.4, -0.2) is 37.8 Å². The first kappa shape index (κ1) is 17.1. The first-order chi connectivity index (χ1) is 11.5. The number of benzene rings is 1. The van der Waals surface area contributed by atoms with Gasteiger partial charge in [-0.3, -0.25) is 4.79 Å². The number of halogens is 1. The van der Waals surface area contributed by atoms with Gasteiger partial charge in [-0.05, 0) is 42.5 Å². The Morgan fingerprint density at radius 3 is 2.58 bits per heavy atom. The quantitative estimate of drug-likeness (QED) is 0.902. The third-order valence-corrected chi connectivity index (χ3v) is 7.24. The zero-order chi connectivity index (χ0) is 17.2. The van der Waals surface area contributed by atoms with E-state index in [4.69, 9.17) is 0 Å². The first-order valence-corrected chi connectivity index (χ1v) is 9.89. The van der Waals surface area contributed by atoms with Gasteiger partial charge in [-0.15, -0.1) is 11.3 Å². The second kappa shape index (κ2) is 7.00. The van der Waals surface area contributed by atoms with Gasteiger partial charge in [0, 0.05) is 24.7 Å². The van der Waals surface area contributed by atoms with Crippen molar-refractivity contribution in [2.45, 2.75) is 23.1 Å². The molecule has 24 heavy (non-hydrogen) atoms. The number of thiophene rings is 1. The Labute approximate surface area is 144 Å². The summed E-state index contributed by atoms with van der Waals surface area (Å²) in [6.07, 6.45) is 1.07. The minimum absolute atomic E-state index is 0.115. The van der Waals surface area contributed by atoms with Crippen LogP contribution in [0.5, 0.6) is 0 Å². The standard InChI is InChI=1S/C16H17FN2O3S2/c17-13-4-1-3-12(11-13)16(20)18-14-6-8-19(9-7-14)24(21,22)15-5-2-10-23-15/h1-5,10-11,14H,6-9H2,(H,18,20). The average molecular weight is 368 g/mol. The molecule has 0 bridgehead atoms. The Kier molecular flexibility index (Phi) is 4.98. The third-order valence-electron chi connectivity index (χ3n) is 3.97. The predicted octanol–water partition coefficient (Wildman–Crippen LogP) is 2.47. The third kappa shape index (κ3) is 3.66. The smallest absolute Gasteiger partial charge is 0.252 e. The highest BCUT2D eigenvalue weighted by molar-refractivity contribution is 7.91. The Morgan fingerprint density at radius 1 is 1.21 bits per heavy atom. The predicted molar refractivity (Wildman–Crippen MR) is 90.0 cm³/mol. The van der Waals surface area contributed by atoms with E-state index in [0.29, 0.717) is 30.1 Å². The van der Waals surface area contributed by atoms with E-state index < -0.39 is 15.8 Å². The van der Waals surface area contributed by atoms with Gasteiger partial charge in [-0.1, -0.05) is 12.1 Å². The maximum atomic E-state index is 13.2. The van der Waals surface area contributed by atoms with Gasteiger partial charge in [-0.2, -0.15) is 4.31 Å². The van der Waals surface area contributed by atoms with Gasteiger partial charge in [0.1, 0.15) is 10.0 Å². The Morgan fingerprint density at radius 2 is 1.96 bits per heavy atom. The van der Waals surface area contributed by atoms with E-state index in [9.17, 15) is 17.6 Å². The number of piperidine rings is 1. The number of nitrogens with one attached hydrogen (secondary N) is 1. The fourth-order valence-corrected chi connectivity index (χ4v) is 5.29. The lowest BCUT2D eigenvalue weighted by molar-refractivity contribution is 0.0923. The van der Waals surface area contributed by atoms with E-state index in [0.717, 1.165) is 0 Å². The lowest BCUT2D eigenvalue weighted by atomic mass is 10.1. The minimum atomic E-state index is -3.44. The van der Waals surface area contributed by atoms with Crippen molar-refractivity contribution in [1.29, 1.82) is 0 Å². The summed E-state index contributed by atoms with van der Waals surface area (Å²) in [4.78, 5) is 12.1. The molecule has 3 rings (SSSR count). The summed E-state index contributed by atoms with van der Waals surface area (Å²) in [6, 6.07) is 8.70. The fraction of sp³-hybridized carbons (Fsp3) is 0.312. The maximum Gasteiger partial charge on any atom is 0.252 e. The van der Waals surface area contributed by atoms with Crippen LogP contribution in [0.15, 0.2) is 46.0 Å². The van der Waals surface area contributed by atoms with Crippen molar-refractivity contribution in [3.63, 3.8) is 0 Å². The van der Waals surface area contributed by atoms with E-state index in [1.54, 1.807) is 23.6 Å². The van der Waals surface area contributed by atoms with Crippen LogP contribution >= 0.6 is 11.3 Å². The van der Waals surface area contributed by atoms with E-state index in [2.05, 4.69) is 5.32 Å². The molecule has 1 saturated heterocycles. The molecule has 0 aliphatic carbocycles. The summed E-state index contributed by atoms with van der Waals surface area (Å²) >= 11 is 1.20. The highest BCUT2D eigenvalue weighted by Crippen LogP contribution is 2.24. The molecular formula is C16H17FN2O3S2. The van der Waals surface area contributed by atoms with Gasteiger partial charge >= 0.3 is 0 Å². The molecule has 0 saturated carbocycles. The highest BCUT2D eigenvalue weighted by Gasteiger charge is 2.30. The van der Waals surface area contributed by atoms with Gasteiger partial charge in [0.05, 0.1) is 0 Å². The molecular weight excluding hydrogens is 351 g/mol. The highest BCUT2D eigenvalue weighted by atomic mass is 32.2. The summed E-state index contributed by atoms with van der Waals surface area (Å²) in [5.74, 6) is -0.798. The van der Waals surface area contributed by atoms with Crippen molar-refractivity contribution in [2.24, 2.45) is 0 Å². The zero-order valence-corrected chi connectivity index (χ0v) is 14.4. The molecule has 0 atom stereocenters. The lowest BCUT2D eigenvalue weighted by Crippen LogP contribution is -2.46. The van der Waals surface area contributed by atoms with Gasteiger partial charge in [0.2, 0.25) is 0 Å². The average Bonchev–Trinajstić information content (AvgIpc) is 3.10. The molecule has 1 fully saturated rings. The number of nitrogens with zero attached hydrogens (tertiary/aromatic N) is 1. The van der Waals surface area contributed by atoms with Crippen LogP contribution in [0.2, 0.25) is 0 Å². The van der Waals surface area contributed by atoms with Crippen molar-refractivity contribution in [1.82, 2.24) is 9.62 Å². The normalized spacial score (nSPS) is 16.9. The molecule has 1 amide bonds. The molecule has 1 aromatic carbocycles. The summed E-state index contributed by atoms with van der Waals surface area (Å²) in [7, 11) is -3.44. The van der Waals surface area contributed by atoms with Crippen LogP contribution < -0.4 is 5.32 Å². The number of hydrogen-bond donors (Lipinski definition) is 1. The van der Waals surface area contributed by atoms with Crippen LogP contribution in [0.1, 0.15) is 23.2 Å². The molecule has 0 unspecified atom stereocenters. The molecule has 1 aliphatic rings. The maximum absolute atomic E-state index is 13.2. The summed E-state index contributed by atoms with van der Waals surface area (Å²) in [6.45, 7) is 0.711. The Bertz CT molecular complexity index is 814. The number of amides is 1. The molecule has 1 aromatic heterocycles. The van der Waals surface area contributed by atoms with Crippen LogP contribution in [0.25, 0.3) is 0 Å². The summed E-state index contributed by atoms with van der Waals surface area (Å²) in [5, 5.41) is 4.58. The Hall–Kier alpha value is -1.77. The molecule has 2 heterocycles. The fourth-order valence-electron chi connectivity index (χ4n) is 2.68. The van der Waals surface area contributed by atoms with E-state index >= 15 is 0 Å². The number of carbonyl (C=O) groups is 1. The lowest BCUT2D eigenvalue weighted by Gasteiger charge is -2.31. The Balaban J connectivity index is 1.59. The molecule has 0 spiro atoms. The number of carbonyl (C=O) groups excluding carboxylic acids is 1. The second-order valence-electron chi connectivity index (χ2n) is 5.59. The van der Waals surface area contributed by atoms with Crippen LogP contribution in [0, 0.1) is 5.82 Å². The SMILES string of the molecule is O=C(NC1CCN(S(=O)(=O)c2cccs2)CC1)c1cccc(F)c1. The summed E-state index contributed by atoms with van der Waals surface area (Å²) < 4.78 is 39.8. The monoisotopic (exact) mass is 368 g/mol. The molecule has 2 aromatic rings. The number of sulfonamides is 1. The number of hydrogen-bond acceptors (Lipinski definition) is 4. The van der Waals surface area contributed by atoms with E-state index in [-0.39, 0.29) is 17.5 Å². The first-order valence-electron chi connectivity index (χ1n) is 7.57. The van der Waals surface area contributed by atoms with Crippen molar-refractivity contribution < 1.29 is 17.6 Å². The second-order valence-corrected chi connectivity index (χ2v) is 8.71. The van der Waals surface area contributed by atoms with Crippen LogP contribution in [-0.2, 0) is 10.0 Å². The topological polar surface area (TPSA) is 66.5 Å². The van der Waals surface area contributed by atoms with E-state index in [1.165, 1.54) is 33.8 Å². The molecule has 0 radical (unpaired) electrons. The van der Waals surface area contributed by atoms with Crippen molar-refractivity contribution in [3.8, 4) is 0 Å². The van der Waals surface area contributed by atoms with E-state index in [1.807, 2.05) is 0 Å². The van der Waals surface area contributed by atoms with Gasteiger partial charge in [0.25, 0.3) is 15.9 Å². The van der Waals surface area contributed by atoms with Gasteiger partial charge in [-0.25, -0.2) is 12.8 Å². The van der Waals surface area contributed by atoms with Crippen LogP contribution in [0.4, 0.5) is 4.39 Å². The largest absolute Gasteiger partial charge is 0.349 e. The zero-order valence-electron chi connectivity index (χ0n) is 12.8. The molecule has 1 aliphatic heterocycles. The van der Waals surface area contributed by atoms with Gasteiger partial charge in [0.15, 0.2) is 0 Å². The molecule has 1 N–H and O–H groups in total. The number of rotatable bonds is 4. The van der Waals surface area contributed by atoms with Crippen molar-refractivity contribution in [2.75, 3.05) is 13.1 Å². The van der Waals surface area contributed by atoms with Crippen LogP contribution in [0.3, 0.4) is 0 Å². The molecule has 128 valence electrons. The minimum Gasteiger partial charge on any atom is -0.349 e.